The van der Waals surface area contributed by atoms with Crippen molar-refractivity contribution >= 4 is 29.2 Å². The highest BCUT2D eigenvalue weighted by atomic mass is 32.2. The summed E-state index contributed by atoms with van der Waals surface area (Å²) in [6.45, 7) is 3.89. The summed E-state index contributed by atoms with van der Waals surface area (Å²) < 4.78 is 3.27. The number of nitrogens with zero attached hydrogens (tertiary/aromatic N) is 1. The van der Waals surface area contributed by atoms with Gasteiger partial charge in [-0.1, -0.05) is 18.2 Å². The van der Waals surface area contributed by atoms with Crippen LogP contribution in [0.25, 0.3) is 0 Å². The standard InChI is InChI=1S/C16H17N3OS/c1-2-19-11-17-21-15-10-12(8-9-14(15)19)16(20)18-13-6-4-3-5-7-13/h3-10,17H,2,11H2,1H3,(H,18,20). The molecule has 0 unspecified atom stereocenters. The van der Waals surface area contributed by atoms with Crippen molar-refractivity contribution < 1.29 is 4.79 Å². The molecular weight excluding hydrogens is 282 g/mol. The maximum absolute atomic E-state index is 12.3. The predicted molar refractivity (Wildman–Crippen MR) is 87.7 cm³/mol. The van der Waals surface area contributed by atoms with Gasteiger partial charge in [0.15, 0.2) is 0 Å². The molecule has 0 spiro atoms. The minimum absolute atomic E-state index is 0.0850. The molecule has 108 valence electrons. The van der Waals surface area contributed by atoms with Crippen LogP contribution in [0.15, 0.2) is 53.4 Å². The van der Waals surface area contributed by atoms with Gasteiger partial charge < -0.3 is 10.2 Å². The van der Waals surface area contributed by atoms with E-state index in [0.29, 0.717) is 5.56 Å². The zero-order chi connectivity index (χ0) is 14.7. The van der Waals surface area contributed by atoms with Gasteiger partial charge in [-0.15, -0.1) is 0 Å². The molecule has 0 atom stereocenters. The number of hydrogen-bond acceptors (Lipinski definition) is 4. The van der Waals surface area contributed by atoms with Gasteiger partial charge in [-0.25, -0.2) is 4.72 Å². The third-order valence-electron chi connectivity index (χ3n) is 3.41. The molecule has 0 fully saturated rings. The lowest BCUT2D eigenvalue weighted by molar-refractivity contribution is 0.102. The summed E-state index contributed by atoms with van der Waals surface area (Å²) in [4.78, 5) is 15.6. The Morgan fingerprint density at radius 1 is 1.29 bits per heavy atom. The number of anilines is 2. The molecule has 0 radical (unpaired) electrons. The van der Waals surface area contributed by atoms with Gasteiger partial charge in [-0.2, -0.15) is 0 Å². The van der Waals surface area contributed by atoms with Crippen LogP contribution in [0.3, 0.4) is 0 Å². The highest BCUT2D eigenvalue weighted by Crippen LogP contribution is 2.32. The smallest absolute Gasteiger partial charge is 0.255 e. The zero-order valence-corrected chi connectivity index (χ0v) is 12.6. The quantitative estimate of drug-likeness (QED) is 0.853. The lowest BCUT2D eigenvalue weighted by Gasteiger charge is -2.30. The van der Waals surface area contributed by atoms with Crippen LogP contribution in [-0.4, -0.2) is 19.1 Å². The van der Waals surface area contributed by atoms with E-state index in [1.807, 2.05) is 48.5 Å². The average molecular weight is 299 g/mol. The maximum atomic E-state index is 12.3. The summed E-state index contributed by atoms with van der Waals surface area (Å²) in [5, 5.41) is 2.91. The second-order valence-electron chi connectivity index (χ2n) is 4.76. The lowest BCUT2D eigenvalue weighted by Crippen LogP contribution is -2.34. The zero-order valence-electron chi connectivity index (χ0n) is 11.8. The van der Waals surface area contributed by atoms with Gasteiger partial charge in [0.05, 0.1) is 12.4 Å². The van der Waals surface area contributed by atoms with Crippen molar-refractivity contribution in [1.29, 1.82) is 0 Å². The normalized spacial score (nSPS) is 13.7. The van der Waals surface area contributed by atoms with Crippen molar-refractivity contribution in [2.45, 2.75) is 11.8 Å². The van der Waals surface area contributed by atoms with Crippen molar-refractivity contribution in [3.05, 3.63) is 54.1 Å². The molecule has 1 aliphatic rings. The van der Waals surface area contributed by atoms with E-state index in [4.69, 9.17) is 0 Å². The summed E-state index contributed by atoms with van der Waals surface area (Å²) in [5.41, 5.74) is 2.66. The molecule has 21 heavy (non-hydrogen) atoms. The minimum atomic E-state index is -0.0850. The van der Waals surface area contributed by atoms with E-state index in [0.717, 1.165) is 23.8 Å². The van der Waals surface area contributed by atoms with Crippen LogP contribution in [0.1, 0.15) is 17.3 Å². The van der Waals surface area contributed by atoms with E-state index in [-0.39, 0.29) is 5.91 Å². The number of para-hydroxylation sites is 1. The fourth-order valence-electron chi connectivity index (χ4n) is 2.28. The van der Waals surface area contributed by atoms with Crippen molar-refractivity contribution in [2.24, 2.45) is 0 Å². The Hall–Kier alpha value is -1.98. The number of hydrogen-bond donors (Lipinski definition) is 2. The minimum Gasteiger partial charge on any atom is -0.357 e. The van der Waals surface area contributed by atoms with E-state index >= 15 is 0 Å². The van der Waals surface area contributed by atoms with Gasteiger partial charge >= 0.3 is 0 Å². The molecule has 1 aliphatic heterocycles. The first-order chi connectivity index (χ1) is 10.3. The number of carbonyl (C=O) groups excluding carboxylic acids is 1. The van der Waals surface area contributed by atoms with Crippen molar-refractivity contribution in [3.8, 4) is 0 Å². The Balaban J connectivity index is 1.82. The Morgan fingerprint density at radius 3 is 2.86 bits per heavy atom. The van der Waals surface area contributed by atoms with Crippen LogP contribution in [0.5, 0.6) is 0 Å². The molecule has 0 bridgehead atoms. The first-order valence-corrected chi connectivity index (χ1v) is 7.74. The molecule has 5 heteroatoms. The summed E-state index contributed by atoms with van der Waals surface area (Å²) >= 11 is 1.57. The second kappa shape index (κ2) is 6.20. The van der Waals surface area contributed by atoms with Gasteiger partial charge in [0, 0.05) is 22.7 Å². The molecule has 1 amide bonds. The third-order valence-corrected chi connectivity index (χ3v) is 4.23. The van der Waals surface area contributed by atoms with E-state index in [1.54, 1.807) is 11.9 Å². The van der Waals surface area contributed by atoms with E-state index in [2.05, 4.69) is 21.9 Å². The summed E-state index contributed by atoms with van der Waals surface area (Å²) in [7, 11) is 0. The number of fused-ring (bicyclic) bond motifs is 1. The summed E-state index contributed by atoms with van der Waals surface area (Å²) in [6.07, 6.45) is 0. The first kappa shape index (κ1) is 14.0. The number of amides is 1. The SMILES string of the molecule is CCN1CNSc2cc(C(=O)Nc3ccccc3)ccc21. The Kier molecular flexibility index (Phi) is 4.13. The molecule has 0 aliphatic carbocycles. The van der Waals surface area contributed by atoms with Gasteiger partial charge in [-0.3, -0.25) is 4.79 Å². The predicted octanol–water partition coefficient (Wildman–Crippen LogP) is 3.33. The number of benzene rings is 2. The van der Waals surface area contributed by atoms with Gasteiger partial charge in [-0.05, 0) is 49.2 Å². The van der Waals surface area contributed by atoms with Crippen molar-refractivity contribution in [3.63, 3.8) is 0 Å². The molecule has 1 heterocycles. The van der Waals surface area contributed by atoms with E-state index in [9.17, 15) is 4.79 Å². The van der Waals surface area contributed by atoms with Crippen LogP contribution in [0.2, 0.25) is 0 Å². The third kappa shape index (κ3) is 3.04. The summed E-state index contributed by atoms with van der Waals surface area (Å²) in [5.74, 6) is -0.0850. The van der Waals surface area contributed by atoms with Gasteiger partial charge in [0.25, 0.3) is 5.91 Å². The Labute approximate surface area is 128 Å². The highest BCUT2D eigenvalue weighted by Gasteiger charge is 2.17. The lowest BCUT2D eigenvalue weighted by atomic mass is 10.1. The highest BCUT2D eigenvalue weighted by molar-refractivity contribution is 7.97. The number of carbonyl (C=O) groups is 1. The molecule has 2 N–H and O–H groups in total. The fourth-order valence-corrected chi connectivity index (χ4v) is 3.14. The molecular formula is C16H17N3OS. The van der Waals surface area contributed by atoms with Crippen LogP contribution < -0.4 is 14.9 Å². The van der Waals surface area contributed by atoms with Crippen molar-refractivity contribution in [1.82, 2.24) is 4.72 Å². The summed E-state index contributed by atoms with van der Waals surface area (Å²) in [6, 6.07) is 15.3. The van der Waals surface area contributed by atoms with E-state index < -0.39 is 0 Å². The molecule has 3 rings (SSSR count). The monoisotopic (exact) mass is 299 g/mol. The molecule has 0 saturated carbocycles. The molecule has 0 aromatic heterocycles. The second-order valence-corrected chi connectivity index (χ2v) is 5.70. The molecule has 2 aromatic rings. The van der Waals surface area contributed by atoms with Crippen molar-refractivity contribution in [2.75, 3.05) is 23.4 Å². The van der Waals surface area contributed by atoms with Crippen LogP contribution in [0, 0.1) is 0 Å². The topological polar surface area (TPSA) is 44.4 Å². The van der Waals surface area contributed by atoms with Gasteiger partial charge in [0.2, 0.25) is 0 Å². The van der Waals surface area contributed by atoms with Crippen LogP contribution >= 0.6 is 11.9 Å². The van der Waals surface area contributed by atoms with E-state index in [1.165, 1.54) is 5.69 Å². The van der Waals surface area contributed by atoms with Crippen LogP contribution in [-0.2, 0) is 0 Å². The maximum Gasteiger partial charge on any atom is 0.255 e. The fraction of sp³-hybridized carbons (Fsp3) is 0.188. The average Bonchev–Trinajstić information content (AvgIpc) is 2.54. The Bertz CT molecular complexity index is 645. The Morgan fingerprint density at radius 2 is 2.10 bits per heavy atom. The first-order valence-electron chi connectivity index (χ1n) is 6.93. The molecule has 4 nitrogen and oxygen atoms in total. The van der Waals surface area contributed by atoms with Crippen LogP contribution in [0.4, 0.5) is 11.4 Å². The molecule has 0 saturated heterocycles. The molecule has 2 aromatic carbocycles. The van der Waals surface area contributed by atoms with Gasteiger partial charge in [0.1, 0.15) is 0 Å². The number of nitrogens with one attached hydrogen (secondary N) is 2. The largest absolute Gasteiger partial charge is 0.357 e. The number of rotatable bonds is 3.